The Balaban J connectivity index is 1.79. The van der Waals surface area contributed by atoms with Crippen LogP contribution in [0.4, 0.5) is 5.69 Å². The normalized spacial score (nSPS) is 10.9. The largest absolute Gasteiger partial charge is 0.399 e. The van der Waals surface area contributed by atoms with Gasteiger partial charge in [0.25, 0.3) is 0 Å². The van der Waals surface area contributed by atoms with Crippen molar-refractivity contribution in [3.05, 3.63) is 48.3 Å². The van der Waals surface area contributed by atoms with Gasteiger partial charge in [0.1, 0.15) is 0 Å². The van der Waals surface area contributed by atoms with Gasteiger partial charge in [-0.25, -0.2) is 4.98 Å². The van der Waals surface area contributed by atoms with E-state index in [0.717, 1.165) is 27.6 Å². The minimum atomic E-state index is 0.747. The minimum absolute atomic E-state index is 0.747. The van der Waals surface area contributed by atoms with E-state index < -0.39 is 0 Å². The Morgan fingerprint density at radius 2 is 2.00 bits per heavy atom. The van der Waals surface area contributed by atoms with Crippen molar-refractivity contribution in [1.82, 2.24) is 15.0 Å². The summed E-state index contributed by atoms with van der Waals surface area (Å²) in [4.78, 5) is 11.8. The molecule has 0 saturated carbocycles. The van der Waals surface area contributed by atoms with Crippen molar-refractivity contribution >= 4 is 28.5 Å². The highest BCUT2D eigenvalue weighted by Gasteiger charge is 2.03. The van der Waals surface area contributed by atoms with E-state index >= 15 is 0 Å². The number of aromatic nitrogens is 3. The molecular weight excluding hydrogens is 244 g/mol. The number of aromatic amines is 1. The number of nitrogens with zero attached hydrogens (tertiary/aromatic N) is 2. The maximum Gasteiger partial charge on any atom is 0.166 e. The number of anilines is 1. The maximum atomic E-state index is 5.74. The van der Waals surface area contributed by atoms with Crippen LogP contribution in [-0.4, -0.2) is 15.0 Å². The van der Waals surface area contributed by atoms with Crippen molar-refractivity contribution in [2.75, 3.05) is 5.73 Å². The van der Waals surface area contributed by atoms with Crippen LogP contribution < -0.4 is 5.73 Å². The fraction of sp³-hybridized carbons (Fsp3) is 0.0769. The number of nitrogen functional groups attached to an aromatic ring is 1. The summed E-state index contributed by atoms with van der Waals surface area (Å²) in [6, 6.07) is 9.71. The third-order valence-electron chi connectivity index (χ3n) is 2.61. The molecule has 3 aromatic rings. The summed E-state index contributed by atoms with van der Waals surface area (Å²) in [5.74, 6) is 0.873. The molecule has 0 aliphatic carbocycles. The smallest absolute Gasteiger partial charge is 0.166 e. The van der Waals surface area contributed by atoms with E-state index in [4.69, 9.17) is 5.73 Å². The number of rotatable bonds is 3. The average molecular weight is 256 g/mol. The van der Waals surface area contributed by atoms with Crippen LogP contribution in [0.2, 0.25) is 0 Å². The first kappa shape index (κ1) is 11.1. The molecule has 0 atom stereocenters. The summed E-state index contributed by atoms with van der Waals surface area (Å²) in [5, 5.41) is 0.910. The van der Waals surface area contributed by atoms with Crippen LogP contribution in [0.1, 0.15) is 5.56 Å². The molecule has 18 heavy (non-hydrogen) atoms. The highest BCUT2D eigenvalue weighted by atomic mass is 32.2. The van der Waals surface area contributed by atoms with E-state index in [1.165, 1.54) is 5.56 Å². The first-order chi connectivity index (χ1) is 8.81. The Morgan fingerprint density at radius 1 is 1.17 bits per heavy atom. The average Bonchev–Trinajstić information content (AvgIpc) is 2.79. The van der Waals surface area contributed by atoms with Gasteiger partial charge in [-0.3, -0.25) is 4.98 Å². The van der Waals surface area contributed by atoms with Crippen molar-refractivity contribution in [3.8, 4) is 0 Å². The monoisotopic (exact) mass is 256 g/mol. The number of fused-ring (bicyclic) bond motifs is 1. The van der Waals surface area contributed by atoms with Gasteiger partial charge in [-0.15, -0.1) is 0 Å². The lowest BCUT2D eigenvalue weighted by Crippen LogP contribution is -1.82. The summed E-state index contributed by atoms with van der Waals surface area (Å²) in [5.41, 5.74) is 9.64. The number of benzene rings is 1. The highest BCUT2D eigenvalue weighted by Crippen LogP contribution is 2.23. The van der Waals surface area contributed by atoms with Crippen molar-refractivity contribution in [2.45, 2.75) is 10.9 Å². The molecule has 2 heterocycles. The molecule has 0 spiro atoms. The maximum absolute atomic E-state index is 5.74. The zero-order valence-corrected chi connectivity index (χ0v) is 10.4. The van der Waals surface area contributed by atoms with Gasteiger partial charge in [0, 0.05) is 23.8 Å². The topological polar surface area (TPSA) is 67.6 Å². The molecule has 0 radical (unpaired) electrons. The molecule has 0 amide bonds. The summed E-state index contributed by atoms with van der Waals surface area (Å²) in [6.45, 7) is 0. The van der Waals surface area contributed by atoms with E-state index in [-0.39, 0.29) is 0 Å². The molecule has 3 rings (SSSR count). The molecule has 0 fully saturated rings. The van der Waals surface area contributed by atoms with Gasteiger partial charge in [0.2, 0.25) is 0 Å². The Morgan fingerprint density at radius 3 is 2.83 bits per heavy atom. The summed E-state index contributed by atoms with van der Waals surface area (Å²) in [6.07, 6.45) is 3.60. The van der Waals surface area contributed by atoms with E-state index in [2.05, 4.69) is 15.0 Å². The quantitative estimate of drug-likeness (QED) is 0.558. The molecule has 0 aliphatic heterocycles. The number of imidazole rings is 1. The predicted molar refractivity (Wildman–Crippen MR) is 74.3 cm³/mol. The molecule has 1 aromatic carbocycles. The Kier molecular flexibility index (Phi) is 2.90. The second kappa shape index (κ2) is 4.70. The van der Waals surface area contributed by atoms with E-state index in [9.17, 15) is 0 Å². The number of nitrogens with two attached hydrogens (primary N) is 1. The molecule has 0 bridgehead atoms. The Labute approximate surface area is 109 Å². The van der Waals surface area contributed by atoms with Crippen LogP contribution in [-0.2, 0) is 5.75 Å². The van der Waals surface area contributed by atoms with Gasteiger partial charge in [-0.2, -0.15) is 0 Å². The Bertz CT molecular complexity index is 663. The number of nitrogens with one attached hydrogen (secondary N) is 1. The summed E-state index contributed by atoms with van der Waals surface area (Å²) >= 11 is 1.67. The van der Waals surface area contributed by atoms with E-state index in [0.29, 0.717) is 0 Å². The second-order valence-corrected chi connectivity index (χ2v) is 4.93. The lowest BCUT2D eigenvalue weighted by atomic mass is 10.3. The molecule has 0 unspecified atom stereocenters. The third kappa shape index (κ3) is 2.31. The molecule has 3 N–H and O–H groups in total. The molecule has 90 valence electrons. The third-order valence-corrected chi connectivity index (χ3v) is 3.55. The fourth-order valence-electron chi connectivity index (χ4n) is 1.70. The molecule has 0 aliphatic rings. The number of hydrogen-bond donors (Lipinski definition) is 2. The number of thioether (sulfide) groups is 1. The summed E-state index contributed by atoms with van der Waals surface area (Å²) in [7, 11) is 0. The van der Waals surface area contributed by atoms with Crippen LogP contribution >= 0.6 is 11.8 Å². The number of H-pyrrole nitrogens is 1. The van der Waals surface area contributed by atoms with Crippen molar-refractivity contribution < 1.29 is 0 Å². The minimum Gasteiger partial charge on any atom is -0.399 e. The number of pyridine rings is 1. The Hall–Kier alpha value is -2.01. The van der Waals surface area contributed by atoms with Gasteiger partial charge in [0.05, 0.1) is 11.0 Å². The SMILES string of the molecule is Nc1ccc2nc(SCc3ccncc3)[nH]c2c1. The fourth-order valence-corrected chi connectivity index (χ4v) is 2.54. The standard InChI is InChI=1S/C13H12N4S/c14-10-1-2-11-12(7-10)17-13(16-11)18-8-9-3-5-15-6-4-9/h1-7H,8,14H2,(H,16,17). The van der Waals surface area contributed by atoms with E-state index in [1.807, 2.05) is 30.3 Å². The second-order valence-electron chi connectivity index (χ2n) is 3.96. The first-order valence-corrected chi connectivity index (χ1v) is 6.57. The van der Waals surface area contributed by atoms with Gasteiger partial charge in [-0.1, -0.05) is 11.8 Å². The van der Waals surface area contributed by atoms with Gasteiger partial charge in [-0.05, 0) is 35.9 Å². The summed E-state index contributed by atoms with van der Waals surface area (Å²) < 4.78 is 0. The molecule has 0 saturated heterocycles. The molecular formula is C13H12N4S. The van der Waals surface area contributed by atoms with Gasteiger partial charge in [0.15, 0.2) is 5.16 Å². The lowest BCUT2D eigenvalue weighted by Gasteiger charge is -1.97. The van der Waals surface area contributed by atoms with Crippen molar-refractivity contribution in [1.29, 1.82) is 0 Å². The molecule has 5 heteroatoms. The molecule has 2 aromatic heterocycles. The van der Waals surface area contributed by atoms with Crippen LogP contribution in [0.15, 0.2) is 47.9 Å². The zero-order chi connectivity index (χ0) is 12.4. The highest BCUT2D eigenvalue weighted by molar-refractivity contribution is 7.98. The van der Waals surface area contributed by atoms with Crippen LogP contribution in [0.5, 0.6) is 0 Å². The van der Waals surface area contributed by atoms with Crippen LogP contribution in [0.25, 0.3) is 11.0 Å². The van der Waals surface area contributed by atoms with Gasteiger partial charge < -0.3 is 10.7 Å². The zero-order valence-electron chi connectivity index (χ0n) is 9.63. The first-order valence-electron chi connectivity index (χ1n) is 5.58. The lowest BCUT2D eigenvalue weighted by molar-refractivity contribution is 1.08. The predicted octanol–water partition coefficient (Wildman–Crippen LogP) is 2.83. The molecule has 4 nitrogen and oxygen atoms in total. The van der Waals surface area contributed by atoms with Crippen molar-refractivity contribution in [2.24, 2.45) is 0 Å². The van der Waals surface area contributed by atoms with Crippen LogP contribution in [0.3, 0.4) is 0 Å². The van der Waals surface area contributed by atoms with Gasteiger partial charge >= 0.3 is 0 Å². The van der Waals surface area contributed by atoms with Crippen molar-refractivity contribution in [3.63, 3.8) is 0 Å². The van der Waals surface area contributed by atoms with Crippen LogP contribution in [0, 0.1) is 0 Å². The number of hydrogen-bond acceptors (Lipinski definition) is 4. The van der Waals surface area contributed by atoms with E-state index in [1.54, 1.807) is 24.2 Å².